The van der Waals surface area contributed by atoms with Gasteiger partial charge in [-0.2, -0.15) is 0 Å². The van der Waals surface area contributed by atoms with Crippen LogP contribution in [0.1, 0.15) is 12.8 Å². The van der Waals surface area contributed by atoms with Gasteiger partial charge in [-0.1, -0.05) is 24.8 Å². The largest absolute Gasteiger partial charge is 0.486 e. The Bertz CT molecular complexity index is 865. The van der Waals surface area contributed by atoms with Crippen LogP contribution in [0.15, 0.2) is 43.0 Å². The summed E-state index contributed by atoms with van der Waals surface area (Å²) >= 11 is 0. The molecule has 2 rings (SSSR count). The number of amides is 1. The number of unbranched alkanes of at least 4 members (excludes halogenated alkanes) is 1. The molecule has 0 saturated heterocycles. The molecular weight excluding hydrogens is 342 g/mol. The van der Waals surface area contributed by atoms with E-state index in [4.69, 9.17) is 4.74 Å². The van der Waals surface area contributed by atoms with Crippen molar-refractivity contribution in [3.05, 3.63) is 63.2 Å². The number of rotatable bonds is 9. The number of nitrogens with one attached hydrogen (secondary N) is 1. The van der Waals surface area contributed by atoms with Crippen molar-refractivity contribution in [3.63, 3.8) is 0 Å². The highest BCUT2D eigenvalue weighted by atomic mass is 16.6. The van der Waals surface area contributed by atoms with E-state index in [0.717, 1.165) is 6.07 Å². The summed E-state index contributed by atoms with van der Waals surface area (Å²) < 4.78 is 5.58. The molecule has 1 N–H and O–H groups in total. The average molecular weight is 359 g/mol. The topological polar surface area (TPSA) is 125 Å². The van der Waals surface area contributed by atoms with Gasteiger partial charge in [-0.15, -0.1) is 0 Å². The van der Waals surface area contributed by atoms with Crippen LogP contribution in [-0.4, -0.2) is 28.9 Å². The SMILES string of the molecule is C=CC(=O)NCCCCOc1c([N+](=O)[O-])cc([N+](=O)[O-])c2ccccc12. The third kappa shape index (κ3) is 4.32. The van der Waals surface area contributed by atoms with Crippen LogP contribution in [0.5, 0.6) is 5.75 Å². The molecule has 0 radical (unpaired) electrons. The lowest BCUT2D eigenvalue weighted by molar-refractivity contribution is -0.393. The van der Waals surface area contributed by atoms with Crippen molar-refractivity contribution in [1.29, 1.82) is 0 Å². The number of non-ortho nitro benzene ring substituents is 1. The Morgan fingerprint density at radius 1 is 1.12 bits per heavy atom. The maximum absolute atomic E-state index is 11.3. The summed E-state index contributed by atoms with van der Waals surface area (Å²) in [5.41, 5.74) is -0.790. The monoisotopic (exact) mass is 359 g/mol. The van der Waals surface area contributed by atoms with Crippen LogP contribution >= 0.6 is 0 Å². The van der Waals surface area contributed by atoms with Gasteiger partial charge in [0.1, 0.15) is 0 Å². The van der Waals surface area contributed by atoms with E-state index >= 15 is 0 Å². The minimum atomic E-state index is -0.695. The molecule has 0 atom stereocenters. The summed E-state index contributed by atoms with van der Waals surface area (Å²) in [7, 11) is 0. The predicted octanol–water partition coefficient (Wildman–Crippen LogP) is 3.12. The Labute approximate surface area is 148 Å². The fraction of sp³-hybridized carbons (Fsp3) is 0.235. The molecule has 9 nitrogen and oxygen atoms in total. The van der Waals surface area contributed by atoms with E-state index in [9.17, 15) is 25.0 Å². The maximum Gasteiger partial charge on any atom is 0.318 e. The van der Waals surface area contributed by atoms with Crippen LogP contribution in [0, 0.1) is 20.2 Å². The van der Waals surface area contributed by atoms with E-state index in [-0.39, 0.29) is 29.3 Å². The minimum Gasteiger partial charge on any atom is -0.486 e. The first kappa shape index (κ1) is 18.8. The van der Waals surface area contributed by atoms with Crippen molar-refractivity contribution in [1.82, 2.24) is 5.32 Å². The highest BCUT2D eigenvalue weighted by Crippen LogP contribution is 2.40. The van der Waals surface area contributed by atoms with Crippen molar-refractivity contribution in [2.24, 2.45) is 0 Å². The molecule has 0 fully saturated rings. The van der Waals surface area contributed by atoms with Crippen LogP contribution in [-0.2, 0) is 4.79 Å². The molecule has 0 heterocycles. The molecule has 0 aliphatic carbocycles. The normalized spacial score (nSPS) is 10.3. The number of carbonyl (C=O) groups is 1. The lowest BCUT2D eigenvalue weighted by atomic mass is 10.1. The van der Waals surface area contributed by atoms with Crippen molar-refractivity contribution in [2.45, 2.75) is 12.8 Å². The number of hydrogen-bond donors (Lipinski definition) is 1. The summed E-state index contributed by atoms with van der Waals surface area (Å²) in [4.78, 5) is 32.2. The Kier molecular flexibility index (Phi) is 6.20. The van der Waals surface area contributed by atoms with Gasteiger partial charge < -0.3 is 10.1 Å². The quantitative estimate of drug-likeness (QED) is 0.317. The summed E-state index contributed by atoms with van der Waals surface area (Å²) in [5, 5.41) is 25.7. The Morgan fingerprint density at radius 3 is 2.38 bits per heavy atom. The van der Waals surface area contributed by atoms with Crippen molar-refractivity contribution in [2.75, 3.05) is 13.2 Å². The highest BCUT2D eigenvalue weighted by molar-refractivity contribution is 5.98. The van der Waals surface area contributed by atoms with Crippen LogP contribution in [0.25, 0.3) is 10.8 Å². The number of hydrogen-bond acceptors (Lipinski definition) is 6. The van der Waals surface area contributed by atoms with E-state index in [1.54, 1.807) is 18.2 Å². The van der Waals surface area contributed by atoms with Gasteiger partial charge in [0.15, 0.2) is 0 Å². The summed E-state index contributed by atoms with van der Waals surface area (Å²) in [6.07, 6.45) is 2.32. The first-order valence-corrected chi connectivity index (χ1v) is 7.83. The van der Waals surface area contributed by atoms with Crippen LogP contribution in [0.2, 0.25) is 0 Å². The molecule has 0 aliphatic rings. The number of nitro groups is 2. The molecule has 0 saturated carbocycles. The molecule has 0 unspecified atom stereocenters. The lowest BCUT2D eigenvalue weighted by Gasteiger charge is -2.10. The summed E-state index contributed by atoms with van der Waals surface area (Å²) in [5.74, 6) is -0.269. The number of carbonyl (C=O) groups excluding carboxylic acids is 1. The van der Waals surface area contributed by atoms with Crippen LogP contribution in [0.4, 0.5) is 11.4 Å². The zero-order valence-electron chi connectivity index (χ0n) is 13.8. The van der Waals surface area contributed by atoms with Gasteiger partial charge in [-0.05, 0) is 25.0 Å². The minimum absolute atomic E-state index is 0.00586. The van der Waals surface area contributed by atoms with Crippen LogP contribution < -0.4 is 10.1 Å². The van der Waals surface area contributed by atoms with E-state index in [1.165, 1.54) is 12.1 Å². The standard InChI is InChI=1S/C17H17N3O6/c1-2-16(21)18-9-5-6-10-26-17-13-8-4-3-7-12(13)14(19(22)23)11-15(17)20(24)25/h2-4,7-8,11H,1,5-6,9-10H2,(H,18,21). The summed E-state index contributed by atoms with van der Waals surface area (Å²) in [6, 6.07) is 7.24. The average Bonchev–Trinajstić information content (AvgIpc) is 2.63. The predicted molar refractivity (Wildman–Crippen MR) is 95.2 cm³/mol. The molecule has 1 amide bonds. The zero-order valence-corrected chi connectivity index (χ0v) is 13.8. The molecule has 2 aromatic carbocycles. The first-order valence-electron chi connectivity index (χ1n) is 7.83. The molecule has 0 aliphatic heterocycles. The van der Waals surface area contributed by atoms with E-state index in [1.807, 2.05) is 0 Å². The molecular formula is C17H17N3O6. The van der Waals surface area contributed by atoms with Crippen LogP contribution in [0.3, 0.4) is 0 Å². The lowest BCUT2D eigenvalue weighted by Crippen LogP contribution is -2.22. The molecule has 9 heteroatoms. The second kappa shape index (κ2) is 8.56. The van der Waals surface area contributed by atoms with Crippen molar-refractivity contribution < 1.29 is 19.4 Å². The number of nitrogens with zero attached hydrogens (tertiary/aromatic N) is 2. The maximum atomic E-state index is 11.3. The highest BCUT2D eigenvalue weighted by Gasteiger charge is 2.26. The van der Waals surface area contributed by atoms with E-state index < -0.39 is 15.5 Å². The van der Waals surface area contributed by atoms with Gasteiger partial charge in [0.2, 0.25) is 11.7 Å². The molecule has 0 spiro atoms. The third-order valence-corrected chi connectivity index (χ3v) is 3.65. The molecule has 136 valence electrons. The van der Waals surface area contributed by atoms with Gasteiger partial charge in [-0.25, -0.2) is 0 Å². The molecule has 0 bridgehead atoms. The number of nitro benzene ring substituents is 2. The van der Waals surface area contributed by atoms with E-state index in [2.05, 4.69) is 11.9 Å². The number of ether oxygens (including phenoxy) is 1. The first-order chi connectivity index (χ1) is 12.5. The Morgan fingerprint density at radius 2 is 1.77 bits per heavy atom. The second-order valence-electron chi connectivity index (χ2n) is 5.35. The van der Waals surface area contributed by atoms with E-state index in [0.29, 0.717) is 24.8 Å². The van der Waals surface area contributed by atoms with Gasteiger partial charge in [-0.3, -0.25) is 25.0 Å². The molecule has 2 aromatic rings. The Hall–Kier alpha value is -3.49. The van der Waals surface area contributed by atoms with Gasteiger partial charge >= 0.3 is 5.69 Å². The molecule has 0 aromatic heterocycles. The number of benzene rings is 2. The van der Waals surface area contributed by atoms with Gasteiger partial charge in [0.05, 0.1) is 27.9 Å². The Balaban J connectivity index is 2.20. The number of fused-ring (bicyclic) bond motifs is 1. The second-order valence-corrected chi connectivity index (χ2v) is 5.35. The fourth-order valence-electron chi connectivity index (χ4n) is 2.44. The fourth-order valence-corrected chi connectivity index (χ4v) is 2.44. The smallest absolute Gasteiger partial charge is 0.318 e. The van der Waals surface area contributed by atoms with Gasteiger partial charge in [0, 0.05) is 11.9 Å². The van der Waals surface area contributed by atoms with Crippen molar-refractivity contribution in [3.8, 4) is 5.75 Å². The van der Waals surface area contributed by atoms with Crippen molar-refractivity contribution >= 4 is 28.1 Å². The summed E-state index contributed by atoms with van der Waals surface area (Å²) in [6.45, 7) is 3.94. The van der Waals surface area contributed by atoms with Gasteiger partial charge in [0.25, 0.3) is 5.69 Å². The molecule has 26 heavy (non-hydrogen) atoms. The third-order valence-electron chi connectivity index (χ3n) is 3.65. The zero-order chi connectivity index (χ0) is 19.1.